The molecule has 0 unspecified atom stereocenters. The molecule has 6 heteroatoms. The Morgan fingerprint density at radius 3 is 2.60 bits per heavy atom. The number of amidine groups is 1. The van der Waals surface area contributed by atoms with Crippen LogP contribution in [-0.4, -0.2) is 17.5 Å². The highest BCUT2D eigenvalue weighted by atomic mass is 32.2. The van der Waals surface area contributed by atoms with Crippen LogP contribution < -0.4 is 5.32 Å². The Morgan fingerprint density at radius 1 is 1.30 bits per heavy atom. The summed E-state index contributed by atoms with van der Waals surface area (Å²) in [5.74, 6) is 0.916. The lowest BCUT2D eigenvalue weighted by molar-refractivity contribution is -0.138. The van der Waals surface area contributed by atoms with Crippen molar-refractivity contribution in [3.8, 4) is 0 Å². The monoisotopic (exact) mass is 302 g/mol. The second kappa shape index (κ2) is 5.68. The summed E-state index contributed by atoms with van der Waals surface area (Å²) in [5.41, 5.74) is -0.193. The SMILES string of the molecule is CC1(C)CN=C(NCc2ccccc2C(F)(F)F)SC1. The Morgan fingerprint density at radius 2 is 2.00 bits per heavy atom. The van der Waals surface area contributed by atoms with Gasteiger partial charge in [-0.2, -0.15) is 13.2 Å². The minimum absolute atomic E-state index is 0.141. The minimum atomic E-state index is -4.32. The van der Waals surface area contributed by atoms with Gasteiger partial charge in [0.15, 0.2) is 5.17 Å². The average molecular weight is 302 g/mol. The van der Waals surface area contributed by atoms with E-state index in [1.165, 1.54) is 12.1 Å². The highest BCUT2D eigenvalue weighted by Crippen LogP contribution is 2.32. The molecule has 110 valence electrons. The lowest BCUT2D eigenvalue weighted by atomic mass is 9.97. The van der Waals surface area contributed by atoms with Crippen LogP contribution in [0.2, 0.25) is 0 Å². The van der Waals surface area contributed by atoms with Crippen molar-refractivity contribution in [2.24, 2.45) is 10.4 Å². The number of aliphatic imine (C=N–C) groups is 1. The number of nitrogens with one attached hydrogen (secondary N) is 1. The van der Waals surface area contributed by atoms with E-state index in [2.05, 4.69) is 24.2 Å². The molecule has 1 aromatic carbocycles. The Labute approximate surface area is 120 Å². The van der Waals surface area contributed by atoms with Crippen LogP contribution >= 0.6 is 11.8 Å². The highest BCUT2D eigenvalue weighted by Gasteiger charge is 2.33. The third-order valence-electron chi connectivity index (χ3n) is 3.00. The van der Waals surface area contributed by atoms with Gasteiger partial charge in [0.1, 0.15) is 0 Å². The lowest BCUT2D eigenvalue weighted by Gasteiger charge is -2.27. The lowest BCUT2D eigenvalue weighted by Crippen LogP contribution is -2.31. The van der Waals surface area contributed by atoms with Crippen molar-refractivity contribution in [2.75, 3.05) is 12.3 Å². The standard InChI is InChI=1S/C14H17F3N2S/c1-13(2)8-19-12(20-9-13)18-7-10-5-3-4-6-11(10)14(15,16)17/h3-6H,7-9H2,1-2H3,(H,18,19). The van der Waals surface area contributed by atoms with E-state index in [0.717, 1.165) is 17.0 Å². The fourth-order valence-electron chi connectivity index (χ4n) is 1.87. The molecule has 2 nitrogen and oxygen atoms in total. The largest absolute Gasteiger partial charge is 0.416 e. The van der Waals surface area contributed by atoms with Gasteiger partial charge < -0.3 is 5.32 Å². The maximum atomic E-state index is 12.9. The first-order valence-corrected chi connectivity index (χ1v) is 7.33. The average Bonchev–Trinajstić information content (AvgIpc) is 2.37. The van der Waals surface area contributed by atoms with Crippen molar-refractivity contribution < 1.29 is 13.2 Å². The molecule has 0 bridgehead atoms. The minimum Gasteiger partial charge on any atom is -0.361 e. The molecule has 20 heavy (non-hydrogen) atoms. The molecule has 0 amide bonds. The number of thioether (sulfide) groups is 1. The van der Waals surface area contributed by atoms with Crippen LogP contribution in [0.4, 0.5) is 13.2 Å². The molecule has 0 saturated heterocycles. The van der Waals surface area contributed by atoms with Crippen molar-refractivity contribution in [3.63, 3.8) is 0 Å². The summed E-state index contributed by atoms with van der Waals surface area (Å²) in [6.07, 6.45) is -4.32. The second-order valence-electron chi connectivity index (χ2n) is 5.58. The predicted molar refractivity (Wildman–Crippen MR) is 76.8 cm³/mol. The molecule has 1 heterocycles. The Hall–Kier alpha value is -1.17. The fourth-order valence-corrected chi connectivity index (χ4v) is 2.82. The molecule has 1 aromatic rings. The Balaban J connectivity index is 2.04. The van der Waals surface area contributed by atoms with E-state index in [1.54, 1.807) is 17.8 Å². The molecule has 1 aliphatic rings. The first-order chi connectivity index (χ1) is 9.28. The first-order valence-electron chi connectivity index (χ1n) is 6.34. The quantitative estimate of drug-likeness (QED) is 0.895. The second-order valence-corrected chi connectivity index (χ2v) is 6.55. The van der Waals surface area contributed by atoms with E-state index in [4.69, 9.17) is 0 Å². The third-order valence-corrected chi connectivity index (χ3v) is 4.48. The van der Waals surface area contributed by atoms with Gasteiger partial charge in [-0.25, -0.2) is 0 Å². The zero-order chi connectivity index (χ0) is 14.8. The maximum absolute atomic E-state index is 12.9. The molecule has 0 fully saturated rings. The van der Waals surface area contributed by atoms with Gasteiger partial charge in [-0.1, -0.05) is 43.8 Å². The van der Waals surface area contributed by atoms with Gasteiger partial charge in [-0.15, -0.1) is 0 Å². The van der Waals surface area contributed by atoms with E-state index < -0.39 is 11.7 Å². The summed E-state index contributed by atoms with van der Waals surface area (Å²) < 4.78 is 38.6. The van der Waals surface area contributed by atoms with E-state index in [9.17, 15) is 13.2 Å². The topological polar surface area (TPSA) is 24.4 Å². The van der Waals surface area contributed by atoms with E-state index >= 15 is 0 Å². The van der Waals surface area contributed by atoms with Crippen LogP contribution in [0.1, 0.15) is 25.0 Å². The summed E-state index contributed by atoms with van der Waals surface area (Å²) in [7, 11) is 0. The molecule has 0 aliphatic carbocycles. The molecule has 1 N–H and O–H groups in total. The van der Waals surface area contributed by atoms with Crippen molar-refractivity contribution in [1.29, 1.82) is 0 Å². The number of nitrogens with zero attached hydrogens (tertiary/aromatic N) is 1. The van der Waals surface area contributed by atoms with Crippen LogP contribution in [-0.2, 0) is 12.7 Å². The van der Waals surface area contributed by atoms with E-state index in [0.29, 0.717) is 6.54 Å². The summed E-state index contributed by atoms with van der Waals surface area (Å²) >= 11 is 1.56. The molecule has 0 aromatic heterocycles. The van der Waals surface area contributed by atoms with Crippen LogP contribution in [0.5, 0.6) is 0 Å². The number of benzene rings is 1. The van der Waals surface area contributed by atoms with Crippen molar-refractivity contribution in [3.05, 3.63) is 35.4 Å². The van der Waals surface area contributed by atoms with Gasteiger partial charge in [-0.05, 0) is 17.0 Å². The summed E-state index contributed by atoms with van der Waals surface area (Å²) in [5, 5.41) is 3.72. The van der Waals surface area contributed by atoms with Crippen LogP contribution in [0.25, 0.3) is 0 Å². The first kappa shape index (κ1) is 15.2. The molecule has 0 atom stereocenters. The van der Waals surface area contributed by atoms with Crippen LogP contribution in [0.3, 0.4) is 0 Å². The zero-order valence-corrected chi connectivity index (χ0v) is 12.2. The van der Waals surface area contributed by atoms with Gasteiger partial charge in [0.2, 0.25) is 0 Å². The van der Waals surface area contributed by atoms with Gasteiger partial charge in [0.05, 0.1) is 5.56 Å². The number of alkyl halides is 3. The van der Waals surface area contributed by atoms with Crippen molar-refractivity contribution >= 4 is 16.9 Å². The summed E-state index contributed by atoms with van der Waals surface area (Å²) in [6, 6.07) is 5.62. The van der Waals surface area contributed by atoms with Crippen LogP contribution in [0, 0.1) is 5.41 Å². The number of rotatable bonds is 2. The van der Waals surface area contributed by atoms with E-state index in [1.807, 2.05) is 0 Å². The third kappa shape index (κ3) is 3.91. The normalized spacial score (nSPS) is 18.6. The van der Waals surface area contributed by atoms with Crippen LogP contribution in [0.15, 0.2) is 29.3 Å². The summed E-state index contributed by atoms with van der Waals surface area (Å²) in [4.78, 5) is 4.38. The molecule has 0 saturated carbocycles. The zero-order valence-electron chi connectivity index (χ0n) is 11.4. The van der Waals surface area contributed by atoms with Gasteiger partial charge >= 0.3 is 6.18 Å². The Bertz CT molecular complexity index is 509. The number of hydrogen-bond donors (Lipinski definition) is 1. The molecular formula is C14H17F3N2S. The summed E-state index contributed by atoms with van der Waals surface area (Å²) in [6.45, 7) is 5.09. The molecule has 1 aliphatic heterocycles. The predicted octanol–water partition coefficient (Wildman–Crippen LogP) is 3.92. The van der Waals surface area contributed by atoms with Gasteiger partial charge in [-0.3, -0.25) is 4.99 Å². The molecule has 2 rings (SSSR count). The molecule has 0 radical (unpaired) electrons. The van der Waals surface area contributed by atoms with Crippen molar-refractivity contribution in [2.45, 2.75) is 26.6 Å². The van der Waals surface area contributed by atoms with Gasteiger partial charge in [0, 0.05) is 18.8 Å². The number of halogens is 3. The van der Waals surface area contributed by atoms with Crippen molar-refractivity contribution in [1.82, 2.24) is 5.32 Å². The maximum Gasteiger partial charge on any atom is 0.416 e. The Kier molecular flexibility index (Phi) is 4.32. The smallest absolute Gasteiger partial charge is 0.361 e. The fraction of sp³-hybridized carbons (Fsp3) is 0.500. The van der Waals surface area contributed by atoms with E-state index in [-0.39, 0.29) is 17.5 Å². The highest BCUT2D eigenvalue weighted by molar-refractivity contribution is 8.13. The molecule has 0 spiro atoms. The van der Waals surface area contributed by atoms with Gasteiger partial charge in [0.25, 0.3) is 0 Å². The number of hydrogen-bond acceptors (Lipinski definition) is 3. The molecular weight excluding hydrogens is 285 g/mol.